The van der Waals surface area contributed by atoms with Crippen molar-refractivity contribution < 1.29 is 9.53 Å². The number of hydrogen-bond acceptors (Lipinski definition) is 3. The Balaban J connectivity index is 2.44. The molecule has 0 aromatic rings. The van der Waals surface area contributed by atoms with Crippen LogP contribution in [0.3, 0.4) is 0 Å². The van der Waals surface area contributed by atoms with Crippen molar-refractivity contribution in [3.63, 3.8) is 0 Å². The normalized spacial score (nSPS) is 26.9. The molecule has 1 aliphatic heterocycles. The molecule has 0 aromatic heterocycles. The molecular formula is C13H26N2O2. The minimum atomic E-state index is -0.113. The van der Waals surface area contributed by atoms with Gasteiger partial charge in [0, 0.05) is 18.1 Å². The molecule has 0 aromatic carbocycles. The average Bonchev–Trinajstić information content (AvgIpc) is 2.23. The van der Waals surface area contributed by atoms with E-state index in [1.165, 1.54) is 0 Å². The Hall–Kier alpha value is -0.610. The predicted octanol–water partition coefficient (Wildman–Crippen LogP) is 1.40. The molecule has 0 saturated carbocycles. The largest absolute Gasteiger partial charge is 0.376 e. The molecule has 4 nitrogen and oxygen atoms in total. The number of carbonyl (C=O) groups is 1. The van der Waals surface area contributed by atoms with Crippen molar-refractivity contribution in [2.24, 2.45) is 0 Å². The standard InChI is InChI=1S/C13H26N2O2/c1-6-13(4,5)14-12(16)8-15-7-11(3)17-9-10(15)2/h10-11H,6-9H2,1-5H3,(H,14,16). The van der Waals surface area contributed by atoms with Crippen LogP contribution >= 0.6 is 0 Å². The van der Waals surface area contributed by atoms with Crippen LogP contribution in [0.1, 0.15) is 41.0 Å². The number of nitrogens with zero attached hydrogens (tertiary/aromatic N) is 1. The first-order chi connectivity index (χ1) is 7.84. The zero-order valence-corrected chi connectivity index (χ0v) is 11.7. The van der Waals surface area contributed by atoms with Crippen LogP contribution in [0.25, 0.3) is 0 Å². The monoisotopic (exact) mass is 242 g/mol. The summed E-state index contributed by atoms with van der Waals surface area (Å²) in [5.74, 6) is 0.109. The Labute approximate surface area is 105 Å². The highest BCUT2D eigenvalue weighted by molar-refractivity contribution is 5.78. The van der Waals surface area contributed by atoms with Crippen molar-refractivity contribution in [2.45, 2.75) is 58.7 Å². The smallest absolute Gasteiger partial charge is 0.234 e. The lowest BCUT2D eigenvalue weighted by Crippen LogP contribution is -2.53. The number of morpholine rings is 1. The van der Waals surface area contributed by atoms with Crippen molar-refractivity contribution in [3.05, 3.63) is 0 Å². The van der Waals surface area contributed by atoms with Gasteiger partial charge in [0.05, 0.1) is 19.3 Å². The van der Waals surface area contributed by atoms with Gasteiger partial charge in [0.25, 0.3) is 0 Å². The third-order valence-corrected chi connectivity index (χ3v) is 3.45. The quantitative estimate of drug-likeness (QED) is 0.810. The van der Waals surface area contributed by atoms with E-state index in [0.717, 1.165) is 13.0 Å². The summed E-state index contributed by atoms with van der Waals surface area (Å²) >= 11 is 0. The molecule has 1 heterocycles. The zero-order valence-electron chi connectivity index (χ0n) is 11.7. The molecule has 1 aliphatic rings. The number of amides is 1. The molecule has 0 aliphatic carbocycles. The summed E-state index contributed by atoms with van der Waals surface area (Å²) in [7, 11) is 0. The second-order valence-electron chi connectivity index (χ2n) is 5.71. The third-order valence-electron chi connectivity index (χ3n) is 3.45. The van der Waals surface area contributed by atoms with Gasteiger partial charge in [-0.2, -0.15) is 0 Å². The minimum absolute atomic E-state index is 0.109. The maximum absolute atomic E-state index is 11.9. The van der Waals surface area contributed by atoms with Crippen LogP contribution in [0, 0.1) is 0 Å². The summed E-state index contributed by atoms with van der Waals surface area (Å²) in [6.07, 6.45) is 1.16. The summed E-state index contributed by atoms with van der Waals surface area (Å²) < 4.78 is 5.55. The van der Waals surface area contributed by atoms with Gasteiger partial charge in [0.2, 0.25) is 5.91 Å². The lowest BCUT2D eigenvalue weighted by molar-refractivity contribution is -0.127. The topological polar surface area (TPSA) is 41.6 Å². The summed E-state index contributed by atoms with van der Waals surface area (Å²) in [4.78, 5) is 14.1. The first kappa shape index (κ1) is 14.5. The first-order valence-corrected chi connectivity index (χ1v) is 6.50. The van der Waals surface area contributed by atoms with Gasteiger partial charge in [0.1, 0.15) is 0 Å². The van der Waals surface area contributed by atoms with Crippen LogP contribution in [-0.2, 0) is 9.53 Å². The number of carbonyl (C=O) groups excluding carboxylic acids is 1. The molecule has 0 spiro atoms. The van der Waals surface area contributed by atoms with Crippen LogP contribution in [0.5, 0.6) is 0 Å². The number of nitrogens with one attached hydrogen (secondary N) is 1. The van der Waals surface area contributed by atoms with E-state index in [9.17, 15) is 4.79 Å². The fraction of sp³-hybridized carbons (Fsp3) is 0.923. The van der Waals surface area contributed by atoms with Crippen molar-refractivity contribution in [3.8, 4) is 0 Å². The fourth-order valence-corrected chi connectivity index (χ4v) is 1.88. The Morgan fingerprint density at radius 2 is 2.12 bits per heavy atom. The molecule has 17 heavy (non-hydrogen) atoms. The molecule has 0 bridgehead atoms. The van der Waals surface area contributed by atoms with Crippen molar-refractivity contribution >= 4 is 5.91 Å². The number of hydrogen-bond donors (Lipinski definition) is 1. The Morgan fingerprint density at radius 3 is 2.71 bits per heavy atom. The van der Waals surface area contributed by atoms with Gasteiger partial charge in [-0.3, -0.25) is 9.69 Å². The van der Waals surface area contributed by atoms with Crippen molar-refractivity contribution in [2.75, 3.05) is 19.7 Å². The van der Waals surface area contributed by atoms with Crippen LogP contribution in [0.15, 0.2) is 0 Å². The highest BCUT2D eigenvalue weighted by Gasteiger charge is 2.26. The molecule has 1 amide bonds. The first-order valence-electron chi connectivity index (χ1n) is 6.50. The second-order valence-corrected chi connectivity index (χ2v) is 5.71. The molecule has 2 atom stereocenters. The van der Waals surface area contributed by atoms with E-state index in [-0.39, 0.29) is 17.6 Å². The number of rotatable bonds is 4. The van der Waals surface area contributed by atoms with Gasteiger partial charge in [-0.25, -0.2) is 0 Å². The molecule has 2 unspecified atom stereocenters. The third kappa shape index (κ3) is 4.64. The van der Waals surface area contributed by atoms with Gasteiger partial charge in [0.15, 0.2) is 0 Å². The molecule has 1 saturated heterocycles. The minimum Gasteiger partial charge on any atom is -0.376 e. The molecule has 100 valence electrons. The lowest BCUT2D eigenvalue weighted by Gasteiger charge is -2.37. The van der Waals surface area contributed by atoms with Crippen LogP contribution in [0.2, 0.25) is 0 Å². The Kier molecular flexibility index (Phi) is 4.95. The van der Waals surface area contributed by atoms with E-state index in [0.29, 0.717) is 19.2 Å². The number of ether oxygens (including phenoxy) is 1. The van der Waals surface area contributed by atoms with E-state index >= 15 is 0 Å². The van der Waals surface area contributed by atoms with Crippen LogP contribution in [-0.4, -0.2) is 48.2 Å². The predicted molar refractivity (Wildman–Crippen MR) is 69.0 cm³/mol. The summed E-state index contributed by atoms with van der Waals surface area (Å²) in [5.41, 5.74) is -0.113. The fourth-order valence-electron chi connectivity index (χ4n) is 1.88. The van der Waals surface area contributed by atoms with Gasteiger partial charge in [-0.15, -0.1) is 0 Å². The average molecular weight is 242 g/mol. The van der Waals surface area contributed by atoms with Gasteiger partial charge < -0.3 is 10.1 Å². The van der Waals surface area contributed by atoms with E-state index in [1.54, 1.807) is 0 Å². The highest BCUT2D eigenvalue weighted by atomic mass is 16.5. The van der Waals surface area contributed by atoms with Gasteiger partial charge in [-0.1, -0.05) is 6.92 Å². The molecule has 1 fully saturated rings. The van der Waals surface area contributed by atoms with Gasteiger partial charge in [-0.05, 0) is 34.1 Å². The SMILES string of the molecule is CCC(C)(C)NC(=O)CN1CC(C)OCC1C. The van der Waals surface area contributed by atoms with Crippen molar-refractivity contribution in [1.82, 2.24) is 10.2 Å². The maximum Gasteiger partial charge on any atom is 0.234 e. The molecule has 1 rings (SSSR count). The Bertz CT molecular complexity index is 266. The summed E-state index contributed by atoms with van der Waals surface area (Å²) in [6, 6.07) is 0.321. The molecular weight excluding hydrogens is 216 g/mol. The molecule has 4 heteroatoms. The van der Waals surface area contributed by atoms with Crippen molar-refractivity contribution in [1.29, 1.82) is 0 Å². The molecule has 0 radical (unpaired) electrons. The van der Waals surface area contributed by atoms with E-state index in [2.05, 4.69) is 37.9 Å². The molecule has 1 N–H and O–H groups in total. The Morgan fingerprint density at radius 1 is 1.47 bits per heavy atom. The van der Waals surface area contributed by atoms with E-state index < -0.39 is 0 Å². The van der Waals surface area contributed by atoms with E-state index in [1.807, 2.05) is 6.92 Å². The summed E-state index contributed by atoms with van der Waals surface area (Å²) in [5, 5.41) is 3.07. The van der Waals surface area contributed by atoms with E-state index in [4.69, 9.17) is 4.74 Å². The zero-order chi connectivity index (χ0) is 13.1. The van der Waals surface area contributed by atoms with Gasteiger partial charge >= 0.3 is 0 Å². The highest BCUT2D eigenvalue weighted by Crippen LogP contribution is 2.12. The second kappa shape index (κ2) is 5.83. The van der Waals surface area contributed by atoms with Crippen LogP contribution in [0.4, 0.5) is 0 Å². The maximum atomic E-state index is 11.9. The van der Waals surface area contributed by atoms with Crippen LogP contribution < -0.4 is 5.32 Å². The summed E-state index contributed by atoms with van der Waals surface area (Å²) in [6.45, 7) is 12.4. The lowest BCUT2D eigenvalue weighted by atomic mass is 10.0.